The molecule has 156 valence electrons. The van der Waals surface area contributed by atoms with Gasteiger partial charge in [-0.25, -0.2) is 8.78 Å². The Morgan fingerprint density at radius 3 is 2.21 bits per heavy atom. The first kappa shape index (κ1) is 22.5. The van der Waals surface area contributed by atoms with Crippen LogP contribution in [0.25, 0.3) is 0 Å². The standard InChI is InChI=1S/C23H28F2N2O2/c1-5-20(22(29)26-23(2,3)4)27(15-16-10-12-18(24)13-11-16)21(28)14-17-8-6-7-9-19(17)25/h6-13,20H,5,14-15H2,1-4H3,(H,26,29)/t20-/m1/s1. The van der Waals surface area contributed by atoms with Crippen LogP contribution in [0.5, 0.6) is 0 Å². The Bertz CT molecular complexity index is 845. The number of nitrogens with one attached hydrogen (secondary N) is 1. The van der Waals surface area contributed by atoms with Gasteiger partial charge in [-0.15, -0.1) is 0 Å². The van der Waals surface area contributed by atoms with E-state index in [0.717, 1.165) is 0 Å². The van der Waals surface area contributed by atoms with Crippen LogP contribution in [0.15, 0.2) is 48.5 Å². The average molecular weight is 402 g/mol. The van der Waals surface area contributed by atoms with Crippen molar-refractivity contribution in [1.29, 1.82) is 0 Å². The van der Waals surface area contributed by atoms with Gasteiger partial charge in [0.2, 0.25) is 11.8 Å². The second kappa shape index (κ2) is 9.63. The molecule has 0 bridgehead atoms. The molecule has 0 aromatic heterocycles. The Morgan fingerprint density at radius 1 is 1.03 bits per heavy atom. The van der Waals surface area contributed by atoms with E-state index in [-0.39, 0.29) is 36.2 Å². The van der Waals surface area contributed by atoms with Crippen molar-refractivity contribution < 1.29 is 18.4 Å². The number of carbonyl (C=O) groups is 2. The summed E-state index contributed by atoms with van der Waals surface area (Å²) in [7, 11) is 0. The van der Waals surface area contributed by atoms with E-state index in [0.29, 0.717) is 12.0 Å². The normalized spacial score (nSPS) is 12.3. The van der Waals surface area contributed by atoms with Crippen molar-refractivity contribution in [3.63, 3.8) is 0 Å². The van der Waals surface area contributed by atoms with Gasteiger partial charge < -0.3 is 10.2 Å². The molecule has 2 aromatic rings. The van der Waals surface area contributed by atoms with Gasteiger partial charge >= 0.3 is 0 Å². The molecule has 2 rings (SSSR count). The zero-order valence-corrected chi connectivity index (χ0v) is 17.3. The van der Waals surface area contributed by atoms with Crippen LogP contribution in [0.4, 0.5) is 8.78 Å². The van der Waals surface area contributed by atoms with Gasteiger partial charge in [-0.2, -0.15) is 0 Å². The highest BCUT2D eigenvalue weighted by Crippen LogP contribution is 2.17. The minimum Gasteiger partial charge on any atom is -0.350 e. The van der Waals surface area contributed by atoms with Gasteiger partial charge in [0, 0.05) is 12.1 Å². The van der Waals surface area contributed by atoms with E-state index in [1.165, 1.54) is 23.1 Å². The van der Waals surface area contributed by atoms with E-state index in [9.17, 15) is 18.4 Å². The predicted molar refractivity (Wildman–Crippen MR) is 109 cm³/mol. The van der Waals surface area contributed by atoms with Crippen LogP contribution < -0.4 is 5.32 Å². The summed E-state index contributed by atoms with van der Waals surface area (Å²) < 4.78 is 27.3. The molecule has 1 atom stereocenters. The molecule has 4 nitrogen and oxygen atoms in total. The smallest absolute Gasteiger partial charge is 0.243 e. The van der Waals surface area contributed by atoms with Gasteiger partial charge in [0.15, 0.2) is 0 Å². The van der Waals surface area contributed by atoms with E-state index in [2.05, 4.69) is 5.32 Å². The molecular weight excluding hydrogens is 374 g/mol. The van der Waals surface area contributed by atoms with Crippen LogP contribution in [0, 0.1) is 11.6 Å². The number of benzene rings is 2. The summed E-state index contributed by atoms with van der Waals surface area (Å²) in [4.78, 5) is 27.4. The lowest BCUT2D eigenvalue weighted by molar-refractivity contribution is -0.141. The molecule has 0 heterocycles. The van der Waals surface area contributed by atoms with Gasteiger partial charge in [-0.3, -0.25) is 9.59 Å². The lowest BCUT2D eigenvalue weighted by Crippen LogP contribution is -2.53. The topological polar surface area (TPSA) is 49.4 Å². The fourth-order valence-corrected chi connectivity index (χ4v) is 3.07. The molecule has 0 fully saturated rings. The molecule has 6 heteroatoms. The number of nitrogens with zero attached hydrogens (tertiary/aromatic N) is 1. The quantitative estimate of drug-likeness (QED) is 0.754. The van der Waals surface area contributed by atoms with Gasteiger partial charge in [0.1, 0.15) is 17.7 Å². The largest absolute Gasteiger partial charge is 0.350 e. The molecule has 0 radical (unpaired) electrons. The highest BCUT2D eigenvalue weighted by molar-refractivity contribution is 5.88. The maximum Gasteiger partial charge on any atom is 0.243 e. The molecule has 1 N–H and O–H groups in total. The SMILES string of the molecule is CC[C@H](C(=O)NC(C)(C)C)N(Cc1ccc(F)cc1)C(=O)Cc1ccccc1F. The number of amides is 2. The number of hydrogen-bond donors (Lipinski definition) is 1. The van der Waals surface area contributed by atoms with E-state index in [1.54, 1.807) is 30.3 Å². The Morgan fingerprint density at radius 2 is 1.66 bits per heavy atom. The van der Waals surface area contributed by atoms with Gasteiger partial charge in [0.05, 0.1) is 6.42 Å². The average Bonchev–Trinajstić information content (AvgIpc) is 2.63. The minimum atomic E-state index is -0.724. The summed E-state index contributed by atoms with van der Waals surface area (Å²) in [6.45, 7) is 7.54. The zero-order valence-electron chi connectivity index (χ0n) is 17.3. The fraction of sp³-hybridized carbons (Fsp3) is 0.391. The van der Waals surface area contributed by atoms with Gasteiger partial charge in [-0.1, -0.05) is 37.3 Å². The first-order chi connectivity index (χ1) is 13.6. The van der Waals surface area contributed by atoms with Crippen LogP contribution >= 0.6 is 0 Å². The molecule has 0 saturated carbocycles. The molecule has 2 amide bonds. The molecule has 0 aliphatic rings. The van der Waals surface area contributed by atoms with Crippen molar-refractivity contribution in [2.45, 2.75) is 58.7 Å². The molecule has 29 heavy (non-hydrogen) atoms. The summed E-state index contributed by atoms with van der Waals surface area (Å²) in [5, 5.41) is 2.91. The fourth-order valence-electron chi connectivity index (χ4n) is 3.07. The molecule has 0 spiro atoms. The van der Waals surface area contributed by atoms with Crippen molar-refractivity contribution in [1.82, 2.24) is 10.2 Å². The van der Waals surface area contributed by atoms with Crippen LogP contribution in [-0.2, 0) is 22.6 Å². The Kier molecular flexibility index (Phi) is 7.48. The van der Waals surface area contributed by atoms with Crippen LogP contribution in [-0.4, -0.2) is 28.3 Å². The van der Waals surface area contributed by atoms with E-state index >= 15 is 0 Å². The third-order valence-electron chi connectivity index (χ3n) is 4.45. The van der Waals surface area contributed by atoms with Crippen LogP contribution in [0.2, 0.25) is 0 Å². The highest BCUT2D eigenvalue weighted by atomic mass is 19.1. The van der Waals surface area contributed by atoms with E-state index < -0.39 is 17.4 Å². The highest BCUT2D eigenvalue weighted by Gasteiger charge is 2.30. The number of rotatable bonds is 7. The van der Waals surface area contributed by atoms with Gasteiger partial charge in [-0.05, 0) is 56.5 Å². The predicted octanol–water partition coefficient (Wildman–Crippen LogP) is 4.23. The lowest BCUT2D eigenvalue weighted by atomic mass is 10.0. The first-order valence-corrected chi connectivity index (χ1v) is 9.70. The molecule has 2 aromatic carbocycles. The molecular formula is C23H28F2N2O2. The number of hydrogen-bond acceptors (Lipinski definition) is 2. The Hall–Kier alpha value is -2.76. The summed E-state index contributed by atoms with van der Waals surface area (Å²) >= 11 is 0. The molecule has 0 unspecified atom stereocenters. The lowest BCUT2D eigenvalue weighted by Gasteiger charge is -2.33. The van der Waals surface area contributed by atoms with E-state index in [4.69, 9.17) is 0 Å². The second-order valence-corrected chi connectivity index (χ2v) is 8.08. The van der Waals surface area contributed by atoms with Crippen molar-refractivity contribution in [2.75, 3.05) is 0 Å². The third-order valence-corrected chi connectivity index (χ3v) is 4.45. The summed E-state index contributed by atoms with van der Waals surface area (Å²) in [5.41, 5.74) is 0.503. The van der Waals surface area contributed by atoms with Crippen molar-refractivity contribution in [2.24, 2.45) is 0 Å². The van der Waals surface area contributed by atoms with Crippen LogP contribution in [0.3, 0.4) is 0 Å². The van der Waals surface area contributed by atoms with Crippen molar-refractivity contribution in [3.05, 3.63) is 71.3 Å². The maximum absolute atomic E-state index is 14.1. The third kappa shape index (κ3) is 6.66. The van der Waals surface area contributed by atoms with Gasteiger partial charge in [0.25, 0.3) is 0 Å². The zero-order chi connectivity index (χ0) is 21.6. The molecule has 0 aliphatic heterocycles. The van der Waals surface area contributed by atoms with Crippen molar-refractivity contribution in [3.8, 4) is 0 Å². The Balaban J connectivity index is 2.32. The first-order valence-electron chi connectivity index (χ1n) is 9.70. The molecule has 0 saturated heterocycles. The Labute approximate surface area is 170 Å². The monoisotopic (exact) mass is 402 g/mol. The molecule has 0 aliphatic carbocycles. The number of halogens is 2. The maximum atomic E-state index is 14.1. The number of carbonyl (C=O) groups excluding carboxylic acids is 2. The summed E-state index contributed by atoms with van der Waals surface area (Å²) in [6.07, 6.45) is 0.235. The van der Waals surface area contributed by atoms with Crippen LogP contribution in [0.1, 0.15) is 45.2 Å². The van der Waals surface area contributed by atoms with E-state index in [1.807, 2.05) is 27.7 Å². The summed E-state index contributed by atoms with van der Waals surface area (Å²) in [6, 6.07) is 11.1. The summed E-state index contributed by atoms with van der Waals surface area (Å²) in [5.74, 6) is -1.48. The minimum absolute atomic E-state index is 0.129. The second-order valence-electron chi connectivity index (χ2n) is 8.08. The van der Waals surface area contributed by atoms with Crippen molar-refractivity contribution >= 4 is 11.8 Å².